The maximum atomic E-state index is 13.1. The van der Waals surface area contributed by atoms with Gasteiger partial charge >= 0.3 is 0 Å². The maximum Gasteiger partial charge on any atom is 0.166 e. The molecule has 1 N–H and O–H groups in total. The standard InChI is InChI=1S/C24H29FN2O2/c25-21-8-6-19(7-9-21)24(29)20-10-14-27(15-11-20)22-12-13-26(17-23(22)28)16-18-4-2-1-3-5-18/h1-9,20,22-23,28H,10-17H2. The van der Waals surface area contributed by atoms with Gasteiger partial charge in [-0.05, 0) is 62.2 Å². The van der Waals surface area contributed by atoms with Crippen molar-refractivity contribution in [1.29, 1.82) is 0 Å². The second-order valence-corrected chi connectivity index (χ2v) is 8.33. The molecule has 2 unspecified atom stereocenters. The molecule has 5 heteroatoms. The predicted octanol–water partition coefficient (Wildman–Crippen LogP) is 3.36. The molecule has 29 heavy (non-hydrogen) atoms. The first-order chi connectivity index (χ1) is 14.1. The van der Waals surface area contributed by atoms with Gasteiger partial charge in [0.1, 0.15) is 5.82 Å². The van der Waals surface area contributed by atoms with Crippen LogP contribution in [0.25, 0.3) is 0 Å². The number of aliphatic hydroxyl groups excluding tert-OH is 1. The van der Waals surface area contributed by atoms with E-state index in [1.807, 2.05) is 6.07 Å². The monoisotopic (exact) mass is 396 g/mol. The van der Waals surface area contributed by atoms with E-state index in [0.717, 1.165) is 45.4 Å². The Morgan fingerprint density at radius 1 is 0.966 bits per heavy atom. The zero-order chi connectivity index (χ0) is 20.2. The fourth-order valence-corrected chi connectivity index (χ4v) is 4.74. The highest BCUT2D eigenvalue weighted by molar-refractivity contribution is 5.97. The van der Waals surface area contributed by atoms with Gasteiger partial charge in [0.15, 0.2) is 5.78 Å². The van der Waals surface area contributed by atoms with Crippen LogP contribution in [-0.4, -0.2) is 59.0 Å². The Balaban J connectivity index is 1.28. The molecule has 2 atom stereocenters. The lowest BCUT2D eigenvalue weighted by molar-refractivity contribution is -0.0251. The summed E-state index contributed by atoms with van der Waals surface area (Å²) in [7, 11) is 0. The fraction of sp³-hybridized carbons (Fsp3) is 0.458. The molecule has 0 aliphatic carbocycles. The summed E-state index contributed by atoms with van der Waals surface area (Å²) < 4.78 is 13.1. The van der Waals surface area contributed by atoms with Crippen LogP contribution >= 0.6 is 0 Å². The largest absolute Gasteiger partial charge is 0.390 e. The molecule has 2 heterocycles. The van der Waals surface area contributed by atoms with E-state index >= 15 is 0 Å². The summed E-state index contributed by atoms with van der Waals surface area (Å²) in [6, 6.07) is 16.4. The van der Waals surface area contributed by atoms with Crippen LogP contribution < -0.4 is 0 Å². The molecule has 2 aromatic carbocycles. The number of carbonyl (C=O) groups is 1. The third kappa shape index (κ3) is 4.92. The van der Waals surface area contributed by atoms with E-state index in [0.29, 0.717) is 12.1 Å². The molecule has 2 aliphatic heterocycles. The van der Waals surface area contributed by atoms with Crippen molar-refractivity contribution in [2.75, 3.05) is 26.2 Å². The summed E-state index contributed by atoms with van der Waals surface area (Å²) in [6.07, 6.45) is 2.18. The summed E-state index contributed by atoms with van der Waals surface area (Å²) in [4.78, 5) is 17.4. The normalized spacial score (nSPS) is 24.5. The molecule has 0 amide bonds. The molecule has 0 saturated carbocycles. The first-order valence-electron chi connectivity index (χ1n) is 10.6. The molecule has 4 rings (SSSR count). The third-order valence-electron chi connectivity index (χ3n) is 6.38. The van der Waals surface area contributed by atoms with Crippen molar-refractivity contribution in [2.24, 2.45) is 5.92 Å². The summed E-state index contributed by atoms with van der Waals surface area (Å²) in [6.45, 7) is 4.20. The van der Waals surface area contributed by atoms with Crippen LogP contribution in [0.1, 0.15) is 35.2 Å². The number of hydrogen-bond acceptors (Lipinski definition) is 4. The van der Waals surface area contributed by atoms with E-state index in [-0.39, 0.29) is 29.7 Å². The lowest BCUT2D eigenvalue weighted by Crippen LogP contribution is -2.55. The van der Waals surface area contributed by atoms with Crippen molar-refractivity contribution in [3.05, 3.63) is 71.5 Å². The molecule has 4 nitrogen and oxygen atoms in total. The van der Waals surface area contributed by atoms with Gasteiger partial charge in [-0.15, -0.1) is 0 Å². The lowest BCUT2D eigenvalue weighted by atomic mass is 9.87. The smallest absolute Gasteiger partial charge is 0.166 e. The number of likely N-dealkylation sites (tertiary alicyclic amines) is 2. The highest BCUT2D eigenvalue weighted by atomic mass is 19.1. The van der Waals surface area contributed by atoms with Crippen LogP contribution in [0.2, 0.25) is 0 Å². The van der Waals surface area contributed by atoms with Gasteiger partial charge in [0.25, 0.3) is 0 Å². The Kier molecular flexibility index (Phi) is 6.38. The van der Waals surface area contributed by atoms with Gasteiger partial charge < -0.3 is 5.11 Å². The number of hydrogen-bond donors (Lipinski definition) is 1. The predicted molar refractivity (Wildman–Crippen MR) is 111 cm³/mol. The van der Waals surface area contributed by atoms with Gasteiger partial charge in [-0.3, -0.25) is 14.6 Å². The number of carbonyl (C=O) groups excluding carboxylic acids is 1. The number of ketones is 1. The highest BCUT2D eigenvalue weighted by Gasteiger charge is 2.35. The fourth-order valence-electron chi connectivity index (χ4n) is 4.74. The number of β-amino-alcohol motifs (C(OH)–C–C–N with tert-alkyl or cyclic N) is 1. The molecule has 2 fully saturated rings. The number of aliphatic hydroxyl groups is 1. The van der Waals surface area contributed by atoms with E-state index < -0.39 is 0 Å². The van der Waals surface area contributed by atoms with Gasteiger partial charge in [-0.25, -0.2) is 4.39 Å². The topological polar surface area (TPSA) is 43.8 Å². The molecule has 2 aliphatic rings. The molecular weight excluding hydrogens is 367 g/mol. The highest BCUT2D eigenvalue weighted by Crippen LogP contribution is 2.27. The Hall–Kier alpha value is -2.08. The van der Waals surface area contributed by atoms with Crippen molar-refractivity contribution < 1.29 is 14.3 Å². The Morgan fingerprint density at radius 3 is 2.31 bits per heavy atom. The first-order valence-corrected chi connectivity index (χ1v) is 10.6. The minimum Gasteiger partial charge on any atom is -0.390 e. The molecule has 0 spiro atoms. The number of nitrogens with zero attached hydrogens (tertiary/aromatic N) is 2. The van der Waals surface area contributed by atoms with Crippen LogP contribution in [-0.2, 0) is 6.54 Å². The zero-order valence-electron chi connectivity index (χ0n) is 16.7. The maximum absolute atomic E-state index is 13.1. The van der Waals surface area contributed by atoms with Gasteiger partial charge in [0.05, 0.1) is 6.10 Å². The summed E-state index contributed by atoms with van der Waals surface area (Å²) in [5.74, 6) is -0.209. The third-order valence-corrected chi connectivity index (χ3v) is 6.38. The van der Waals surface area contributed by atoms with Crippen molar-refractivity contribution in [3.8, 4) is 0 Å². The average Bonchev–Trinajstić information content (AvgIpc) is 2.75. The second kappa shape index (κ2) is 9.16. The Bertz CT molecular complexity index is 803. The van der Waals surface area contributed by atoms with Gasteiger partial charge in [0, 0.05) is 37.2 Å². The molecule has 2 saturated heterocycles. The second-order valence-electron chi connectivity index (χ2n) is 8.33. The average molecular weight is 397 g/mol. The van der Waals surface area contributed by atoms with Crippen molar-refractivity contribution in [1.82, 2.24) is 9.80 Å². The van der Waals surface area contributed by atoms with Crippen LogP contribution in [0.15, 0.2) is 54.6 Å². The number of piperidine rings is 2. The first kappa shape index (κ1) is 20.2. The molecule has 154 valence electrons. The number of halogens is 1. The lowest BCUT2D eigenvalue weighted by Gasteiger charge is -2.44. The van der Waals surface area contributed by atoms with E-state index in [1.165, 1.54) is 17.7 Å². The molecule has 0 radical (unpaired) electrons. The Morgan fingerprint density at radius 2 is 1.66 bits per heavy atom. The molecule has 0 bridgehead atoms. The minimum atomic E-state index is -0.364. The van der Waals surface area contributed by atoms with Crippen molar-refractivity contribution in [2.45, 2.75) is 38.0 Å². The van der Waals surface area contributed by atoms with Gasteiger partial charge in [0.2, 0.25) is 0 Å². The van der Waals surface area contributed by atoms with Crippen LogP contribution in [0.4, 0.5) is 4.39 Å². The van der Waals surface area contributed by atoms with Crippen LogP contribution in [0, 0.1) is 11.7 Å². The zero-order valence-corrected chi connectivity index (χ0v) is 16.7. The van der Waals surface area contributed by atoms with Gasteiger partial charge in [-0.2, -0.15) is 0 Å². The van der Waals surface area contributed by atoms with E-state index in [1.54, 1.807) is 12.1 Å². The minimum absolute atomic E-state index is 0.00739. The van der Waals surface area contributed by atoms with E-state index in [4.69, 9.17) is 0 Å². The number of Topliss-reactive ketones (excluding diaryl/α,β-unsaturated/α-hetero) is 1. The van der Waals surface area contributed by atoms with Gasteiger partial charge in [-0.1, -0.05) is 30.3 Å². The van der Waals surface area contributed by atoms with Crippen LogP contribution in [0.5, 0.6) is 0 Å². The molecular formula is C24H29FN2O2. The quantitative estimate of drug-likeness (QED) is 0.787. The van der Waals surface area contributed by atoms with E-state index in [9.17, 15) is 14.3 Å². The number of benzene rings is 2. The molecule has 2 aromatic rings. The SMILES string of the molecule is O=C(c1ccc(F)cc1)C1CCN(C2CCN(Cc3ccccc3)CC2O)CC1. The van der Waals surface area contributed by atoms with Crippen LogP contribution in [0.3, 0.4) is 0 Å². The summed E-state index contributed by atoms with van der Waals surface area (Å²) in [5, 5.41) is 10.8. The summed E-state index contributed by atoms with van der Waals surface area (Å²) in [5.41, 5.74) is 1.87. The van der Waals surface area contributed by atoms with Crippen molar-refractivity contribution in [3.63, 3.8) is 0 Å². The Labute approximate surface area is 171 Å². The van der Waals surface area contributed by atoms with Crippen molar-refractivity contribution >= 4 is 5.78 Å². The number of rotatable bonds is 5. The van der Waals surface area contributed by atoms with E-state index in [2.05, 4.69) is 34.1 Å². The molecule has 0 aromatic heterocycles. The summed E-state index contributed by atoms with van der Waals surface area (Å²) >= 11 is 0.